The summed E-state index contributed by atoms with van der Waals surface area (Å²) in [6, 6.07) is 11.0. The third-order valence-corrected chi connectivity index (χ3v) is 3.34. The van der Waals surface area contributed by atoms with Crippen molar-refractivity contribution < 1.29 is 14.2 Å². The molecule has 20 heavy (non-hydrogen) atoms. The van der Waals surface area contributed by atoms with E-state index >= 15 is 0 Å². The van der Waals surface area contributed by atoms with Crippen molar-refractivity contribution in [3.63, 3.8) is 0 Å². The van der Waals surface area contributed by atoms with E-state index in [0.29, 0.717) is 29.7 Å². The molecule has 1 heterocycles. The third kappa shape index (κ3) is 2.66. The molecule has 1 aliphatic heterocycles. The summed E-state index contributed by atoms with van der Waals surface area (Å²) in [6.45, 7) is 1.09. The van der Waals surface area contributed by atoms with Crippen LogP contribution in [0.15, 0.2) is 36.4 Å². The van der Waals surface area contributed by atoms with Crippen LogP contribution in [0.2, 0.25) is 5.02 Å². The maximum atomic E-state index is 6.06. The molecule has 2 aromatic carbocycles. The molecule has 104 valence electrons. The van der Waals surface area contributed by atoms with E-state index in [-0.39, 0.29) is 6.79 Å². The van der Waals surface area contributed by atoms with Crippen LogP contribution in [0.5, 0.6) is 11.5 Å². The molecule has 0 saturated carbocycles. The van der Waals surface area contributed by atoms with Crippen LogP contribution in [-0.2, 0) is 18.0 Å². The molecule has 2 N–H and O–H groups in total. The second-order valence-electron chi connectivity index (χ2n) is 4.50. The third-order valence-electron chi connectivity index (χ3n) is 3.03. The molecule has 0 amide bonds. The van der Waals surface area contributed by atoms with Crippen molar-refractivity contribution >= 4 is 17.3 Å². The van der Waals surface area contributed by atoms with Crippen molar-refractivity contribution in [2.75, 3.05) is 12.5 Å². The molecule has 0 fully saturated rings. The van der Waals surface area contributed by atoms with E-state index in [1.54, 1.807) is 6.07 Å². The zero-order chi connectivity index (χ0) is 13.9. The van der Waals surface area contributed by atoms with E-state index in [1.807, 2.05) is 30.3 Å². The van der Waals surface area contributed by atoms with Gasteiger partial charge in [0.25, 0.3) is 0 Å². The minimum Gasteiger partial charge on any atom is -0.487 e. The number of ether oxygens (including phenoxy) is 3. The number of para-hydroxylation sites is 1. The number of rotatable bonds is 3. The lowest BCUT2D eigenvalue weighted by molar-refractivity contribution is -0.0175. The molecule has 5 heteroatoms. The fraction of sp³-hybridized carbons (Fsp3) is 0.200. The van der Waals surface area contributed by atoms with Crippen molar-refractivity contribution in [2.45, 2.75) is 13.2 Å². The van der Waals surface area contributed by atoms with E-state index < -0.39 is 0 Å². The van der Waals surface area contributed by atoms with Gasteiger partial charge in [-0.05, 0) is 24.3 Å². The van der Waals surface area contributed by atoms with Gasteiger partial charge in [0.1, 0.15) is 18.1 Å². The summed E-state index contributed by atoms with van der Waals surface area (Å²) in [4.78, 5) is 0. The first kappa shape index (κ1) is 13.1. The van der Waals surface area contributed by atoms with Crippen LogP contribution in [0, 0.1) is 0 Å². The Kier molecular flexibility index (Phi) is 3.67. The van der Waals surface area contributed by atoms with E-state index in [0.717, 1.165) is 16.9 Å². The molecule has 0 radical (unpaired) electrons. The molecule has 0 bridgehead atoms. The molecular weight excluding hydrogens is 278 g/mol. The second kappa shape index (κ2) is 5.61. The van der Waals surface area contributed by atoms with Gasteiger partial charge in [-0.2, -0.15) is 0 Å². The quantitative estimate of drug-likeness (QED) is 0.881. The highest BCUT2D eigenvalue weighted by Crippen LogP contribution is 2.32. The number of hydrogen-bond acceptors (Lipinski definition) is 4. The lowest BCUT2D eigenvalue weighted by Crippen LogP contribution is -2.14. The summed E-state index contributed by atoms with van der Waals surface area (Å²) in [7, 11) is 0. The molecule has 1 aliphatic rings. The van der Waals surface area contributed by atoms with E-state index in [4.69, 9.17) is 31.5 Å². The van der Waals surface area contributed by atoms with Crippen LogP contribution in [0.3, 0.4) is 0 Å². The van der Waals surface area contributed by atoms with Gasteiger partial charge in [-0.3, -0.25) is 0 Å². The molecule has 0 unspecified atom stereocenters. The number of halogens is 1. The summed E-state index contributed by atoms with van der Waals surface area (Å²) >= 11 is 6.06. The fourth-order valence-corrected chi connectivity index (χ4v) is 2.34. The lowest BCUT2D eigenvalue weighted by Gasteiger charge is -2.21. The Morgan fingerprint density at radius 2 is 2.10 bits per heavy atom. The maximum Gasteiger partial charge on any atom is 0.189 e. The van der Waals surface area contributed by atoms with Gasteiger partial charge in [0.15, 0.2) is 6.79 Å². The average Bonchev–Trinajstić information content (AvgIpc) is 2.46. The van der Waals surface area contributed by atoms with Gasteiger partial charge >= 0.3 is 0 Å². The lowest BCUT2D eigenvalue weighted by atomic mass is 10.1. The highest BCUT2D eigenvalue weighted by atomic mass is 35.5. The largest absolute Gasteiger partial charge is 0.487 e. The van der Waals surface area contributed by atoms with Crippen molar-refractivity contribution in [3.05, 3.63) is 52.5 Å². The minimum atomic E-state index is 0.246. The number of nitrogens with two attached hydrogens (primary N) is 1. The van der Waals surface area contributed by atoms with Gasteiger partial charge in [-0.15, -0.1) is 0 Å². The van der Waals surface area contributed by atoms with E-state index in [2.05, 4.69) is 0 Å². The number of benzene rings is 2. The molecule has 2 aromatic rings. The minimum absolute atomic E-state index is 0.246. The second-order valence-corrected chi connectivity index (χ2v) is 4.91. The van der Waals surface area contributed by atoms with Gasteiger partial charge in [-0.25, -0.2) is 0 Å². The summed E-state index contributed by atoms with van der Waals surface area (Å²) in [5, 5.41) is 0.578. The van der Waals surface area contributed by atoms with Gasteiger partial charge in [0.05, 0.1) is 11.6 Å². The van der Waals surface area contributed by atoms with Gasteiger partial charge < -0.3 is 19.9 Å². The van der Waals surface area contributed by atoms with Crippen LogP contribution in [0.1, 0.15) is 11.1 Å². The molecule has 0 spiro atoms. The first-order valence-corrected chi connectivity index (χ1v) is 6.61. The number of nitrogen functional groups attached to an aromatic ring is 1. The van der Waals surface area contributed by atoms with E-state index in [9.17, 15) is 0 Å². The number of hydrogen-bond donors (Lipinski definition) is 1. The zero-order valence-corrected chi connectivity index (χ0v) is 11.5. The van der Waals surface area contributed by atoms with Gasteiger partial charge in [-0.1, -0.05) is 23.7 Å². The van der Waals surface area contributed by atoms with Crippen molar-refractivity contribution in [3.8, 4) is 11.5 Å². The summed E-state index contributed by atoms with van der Waals surface area (Å²) in [5.74, 6) is 1.43. The molecular formula is C15H14ClNO3. The smallest absolute Gasteiger partial charge is 0.189 e. The average molecular weight is 292 g/mol. The topological polar surface area (TPSA) is 53.7 Å². The van der Waals surface area contributed by atoms with Gasteiger partial charge in [0.2, 0.25) is 0 Å². The Morgan fingerprint density at radius 3 is 2.95 bits per heavy atom. The maximum absolute atomic E-state index is 6.06. The first-order chi connectivity index (χ1) is 9.74. The molecule has 0 atom stereocenters. The Balaban J connectivity index is 1.84. The first-order valence-electron chi connectivity index (χ1n) is 6.23. The normalized spacial score (nSPS) is 13.4. The zero-order valence-electron chi connectivity index (χ0n) is 10.8. The fourth-order valence-electron chi connectivity index (χ4n) is 2.15. The summed E-state index contributed by atoms with van der Waals surface area (Å²) in [5.41, 5.74) is 8.38. The SMILES string of the molecule is Nc1cc2c(c(COc3ccccc3Cl)c1)OCOC2. The van der Waals surface area contributed by atoms with Crippen LogP contribution in [0.25, 0.3) is 0 Å². The van der Waals surface area contributed by atoms with Crippen molar-refractivity contribution in [2.24, 2.45) is 0 Å². The number of anilines is 1. The Labute approximate surface area is 122 Å². The van der Waals surface area contributed by atoms with Crippen LogP contribution >= 0.6 is 11.6 Å². The predicted molar refractivity (Wildman–Crippen MR) is 76.9 cm³/mol. The van der Waals surface area contributed by atoms with Crippen LogP contribution in [-0.4, -0.2) is 6.79 Å². The van der Waals surface area contributed by atoms with Crippen LogP contribution in [0.4, 0.5) is 5.69 Å². The van der Waals surface area contributed by atoms with Crippen molar-refractivity contribution in [1.82, 2.24) is 0 Å². The monoisotopic (exact) mass is 291 g/mol. The molecule has 0 saturated heterocycles. The Bertz CT molecular complexity index is 631. The van der Waals surface area contributed by atoms with Gasteiger partial charge in [0, 0.05) is 16.8 Å². The Morgan fingerprint density at radius 1 is 1.25 bits per heavy atom. The predicted octanol–water partition coefficient (Wildman–Crippen LogP) is 3.37. The van der Waals surface area contributed by atoms with Crippen LogP contribution < -0.4 is 15.2 Å². The standard InChI is InChI=1S/C15H14ClNO3/c16-13-3-1-2-4-14(13)19-8-11-6-12(17)5-10-7-18-9-20-15(10)11/h1-6H,7-9,17H2. The van der Waals surface area contributed by atoms with E-state index in [1.165, 1.54) is 0 Å². The molecule has 0 aliphatic carbocycles. The molecule has 0 aromatic heterocycles. The van der Waals surface area contributed by atoms with Crippen molar-refractivity contribution in [1.29, 1.82) is 0 Å². The number of fused-ring (bicyclic) bond motifs is 1. The summed E-state index contributed by atoms with van der Waals surface area (Å²) in [6.07, 6.45) is 0. The molecule has 4 nitrogen and oxygen atoms in total. The molecule has 3 rings (SSSR count). The highest BCUT2D eigenvalue weighted by molar-refractivity contribution is 6.32. The highest BCUT2D eigenvalue weighted by Gasteiger charge is 2.16. The Hall–Kier alpha value is -1.91. The summed E-state index contributed by atoms with van der Waals surface area (Å²) < 4.78 is 16.5.